The third-order valence-electron chi connectivity index (χ3n) is 4.87. The highest BCUT2D eigenvalue weighted by Gasteiger charge is 2.14. The van der Waals surface area contributed by atoms with E-state index in [2.05, 4.69) is 20.8 Å². The molecule has 0 saturated heterocycles. The van der Waals surface area contributed by atoms with E-state index in [0.29, 0.717) is 46.7 Å². The Morgan fingerprint density at radius 2 is 1.82 bits per heavy atom. The van der Waals surface area contributed by atoms with Crippen molar-refractivity contribution in [3.8, 4) is 11.5 Å². The predicted octanol–water partition coefficient (Wildman–Crippen LogP) is 2.84. The quantitative estimate of drug-likeness (QED) is 0.440. The van der Waals surface area contributed by atoms with Crippen LogP contribution in [0.15, 0.2) is 47.6 Å². The molecule has 3 rings (SSSR count). The normalized spacial score (nSPS) is 10.5. The Balaban J connectivity index is 1.48. The van der Waals surface area contributed by atoms with Crippen LogP contribution in [0.1, 0.15) is 21.7 Å². The zero-order valence-corrected chi connectivity index (χ0v) is 19.9. The number of ether oxygens (including phenoxy) is 2. The average Bonchev–Trinajstić information content (AvgIpc) is 3.17. The second-order valence-corrected chi connectivity index (χ2v) is 8.18. The van der Waals surface area contributed by atoms with Crippen molar-refractivity contribution < 1.29 is 19.1 Å². The molecule has 174 valence electrons. The summed E-state index contributed by atoms with van der Waals surface area (Å²) in [6.07, 6.45) is 0.513. The van der Waals surface area contributed by atoms with Crippen molar-refractivity contribution in [1.29, 1.82) is 0 Å². The predicted molar refractivity (Wildman–Crippen MR) is 127 cm³/mol. The molecule has 0 spiro atoms. The number of thioether (sulfide) groups is 1. The van der Waals surface area contributed by atoms with Crippen LogP contribution in [0.25, 0.3) is 0 Å². The van der Waals surface area contributed by atoms with Gasteiger partial charge in [-0.3, -0.25) is 9.59 Å². The van der Waals surface area contributed by atoms with Crippen molar-refractivity contribution in [2.75, 3.05) is 31.8 Å². The Labute approximate surface area is 196 Å². The summed E-state index contributed by atoms with van der Waals surface area (Å²) in [6.45, 7) is 2.36. The van der Waals surface area contributed by atoms with Crippen LogP contribution in [-0.4, -0.2) is 53.1 Å². The molecule has 0 aliphatic carbocycles. The Morgan fingerprint density at radius 3 is 2.52 bits per heavy atom. The van der Waals surface area contributed by atoms with Crippen molar-refractivity contribution in [3.63, 3.8) is 0 Å². The van der Waals surface area contributed by atoms with Crippen LogP contribution in [0, 0.1) is 6.92 Å². The molecule has 2 amide bonds. The van der Waals surface area contributed by atoms with Gasteiger partial charge < -0.3 is 24.7 Å². The lowest BCUT2D eigenvalue weighted by Gasteiger charge is -2.11. The molecule has 0 radical (unpaired) electrons. The molecule has 1 heterocycles. The van der Waals surface area contributed by atoms with Gasteiger partial charge in [0.15, 0.2) is 5.16 Å². The lowest BCUT2D eigenvalue weighted by molar-refractivity contribution is -0.113. The van der Waals surface area contributed by atoms with Crippen molar-refractivity contribution in [1.82, 2.24) is 20.1 Å². The van der Waals surface area contributed by atoms with Crippen LogP contribution in [0.5, 0.6) is 11.5 Å². The van der Waals surface area contributed by atoms with Gasteiger partial charge in [-0.15, -0.1) is 10.2 Å². The lowest BCUT2D eigenvalue weighted by Crippen LogP contribution is -2.26. The Bertz CT molecular complexity index is 1110. The Hall–Kier alpha value is -3.53. The van der Waals surface area contributed by atoms with E-state index < -0.39 is 0 Å². The minimum absolute atomic E-state index is 0.166. The van der Waals surface area contributed by atoms with E-state index in [0.717, 1.165) is 5.56 Å². The number of carbonyl (C=O) groups excluding carboxylic acids is 2. The van der Waals surface area contributed by atoms with E-state index in [1.54, 1.807) is 38.5 Å². The van der Waals surface area contributed by atoms with Crippen molar-refractivity contribution in [3.05, 3.63) is 59.4 Å². The first-order valence-corrected chi connectivity index (χ1v) is 11.3. The van der Waals surface area contributed by atoms with Crippen LogP contribution in [-0.2, 0) is 18.3 Å². The molecule has 0 fully saturated rings. The summed E-state index contributed by atoms with van der Waals surface area (Å²) < 4.78 is 12.2. The number of rotatable bonds is 10. The molecule has 2 aromatic carbocycles. The number of amides is 2. The summed E-state index contributed by atoms with van der Waals surface area (Å²) in [4.78, 5) is 24.7. The number of carbonyl (C=O) groups is 2. The summed E-state index contributed by atoms with van der Waals surface area (Å²) in [5.41, 5.74) is 2.21. The number of hydrogen-bond donors (Lipinski definition) is 2. The molecule has 3 aromatic rings. The molecule has 0 aliphatic heterocycles. The number of benzene rings is 2. The van der Waals surface area contributed by atoms with Crippen molar-refractivity contribution in [2.45, 2.75) is 18.5 Å². The smallest absolute Gasteiger partial charge is 0.251 e. The van der Waals surface area contributed by atoms with Crippen LogP contribution in [0.4, 0.5) is 5.69 Å². The fraction of sp³-hybridized carbons (Fsp3) is 0.304. The van der Waals surface area contributed by atoms with Crippen LogP contribution < -0.4 is 20.1 Å². The van der Waals surface area contributed by atoms with Crippen molar-refractivity contribution >= 4 is 29.3 Å². The molecule has 1 aromatic heterocycles. The highest BCUT2D eigenvalue weighted by atomic mass is 32.2. The third-order valence-corrected chi connectivity index (χ3v) is 5.89. The topological polar surface area (TPSA) is 107 Å². The van der Waals surface area contributed by atoms with Gasteiger partial charge in [-0.05, 0) is 48.9 Å². The maximum atomic E-state index is 12.4. The standard InChI is InChI=1S/C23H27N5O4S/c1-15-5-10-19(32-4)18(13-15)25-21(29)14-33-23-27-26-20(28(23)2)11-12-24-22(30)16-6-8-17(31-3)9-7-16/h5-10,13H,11-12,14H2,1-4H3,(H,24,30)(H,25,29). The SMILES string of the molecule is COc1ccc(C(=O)NCCc2nnc(SCC(=O)Nc3cc(C)ccc3OC)n2C)cc1. The maximum absolute atomic E-state index is 12.4. The highest BCUT2D eigenvalue weighted by Crippen LogP contribution is 2.26. The molecule has 0 unspecified atom stereocenters. The molecular formula is C23H27N5O4S. The number of aryl methyl sites for hydroxylation is 1. The van der Waals surface area contributed by atoms with E-state index in [9.17, 15) is 9.59 Å². The minimum atomic E-state index is -0.169. The molecule has 10 heteroatoms. The maximum Gasteiger partial charge on any atom is 0.251 e. The second kappa shape index (κ2) is 11.4. The number of anilines is 1. The van der Waals surface area contributed by atoms with Gasteiger partial charge in [-0.2, -0.15) is 0 Å². The summed E-state index contributed by atoms with van der Waals surface area (Å²) in [5.74, 6) is 1.86. The van der Waals surface area contributed by atoms with Gasteiger partial charge in [0.2, 0.25) is 5.91 Å². The molecule has 2 N–H and O–H groups in total. The van der Waals surface area contributed by atoms with E-state index in [4.69, 9.17) is 9.47 Å². The monoisotopic (exact) mass is 469 g/mol. The zero-order valence-electron chi connectivity index (χ0n) is 19.0. The molecule has 0 saturated carbocycles. The number of nitrogens with one attached hydrogen (secondary N) is 2. The lowest BCUT2D eigenvalue weighted by atomic mass is 10.2. The van der Waals surface area contributed by atoms with Crippen molar-refractivity contribution in [2.24, 2.45) is 7.05 Å². The number of methoxy groups -OCH3 is 2. The van der Waals surface area contributed by atoms with Crippen LogP contribution >= 0.6 is 11.8 Å². The minimum Gasteiger partial charge on any atom is -0.497 e. The van der Waals surface area contributed by atoms with Gasteiger partial charge in [-0.1, -0.05) is 17.8 Å². The summed E-state index contributed by atoms with van der Waals surface area (Å²) in [7, 11) is 4.98. The number of aromatic nitrogens is 3. The Kier molecular flexibility index (Phi) is 8.31. The summed E-state index contributed by atoms with van der Waals surface area (Å²) in [6, 6.07) is 12.5. The van der Waals surface area contributed by atoms with E-state index >= 15 is 0 Å². The first kappa shape index (κ1) is 24.1. The average molecular weight is 470 g/mol. The molecule has 0 bridgehead atoms. The van der Waals surface area contributed by atoms with Gasteiger partial charge in [0.05, 0.1) is 25.7 Å². The first-order chi connectivity index (χ1) is 15.9. The highest BCUT2D eigenvalue weighted by molar-refractivity contribution is 7.99. The largest absolute Gasteiger partial charge is 0.497 e. The second-order valence-electron chi connectivity index (χ2n) is 7.23. The summed E-state index contributed by atoms with van der Waals surface area (Å²) in [5, 5.41) is 14.7. The van der Waals surface area contributed by atoms with Gasteiger partial charge >= 0.3 is 0 Å². The fourth-order valence-corrected chi connectivity index (χ4v) is 3.79. The molecular weight excluding hydrogens is 442 g/mol. The fourth-order valence-electron chi connectivity index (χ4n) is 3.06. The van der Waals surface area contributed by atoms with E-state index in [-0.39, 0.29) is 17.6 Å². The van der Waals surface area contributed by atoms with Crippen LogP contribution in [0.3, 0.4) is 0 Å². The van der Waals surface area contributed by atoms with E-state index in [1.807, 2.05) is 36.7 Å². The molecule has 9 nitrogen and oxygen atoms in total. The zero-order chi connectivity index (χ0) is 23.8. The number of hydrogen-bond acceptors (Lipinski definition) is 7. The van der Waals surface area contributed by atoms with Gasteiger partial charge in [-0.25, -0.2) is 0 Å². The van der Waals surface area contributed by atoms with Gasteiger partial charge in [0.25, 0.3) is 5.91 Å². The molecule has 0 aliphatic rings. The first-order valence-electron chi connectivity index (χ1n) is 10.3. The third kappa shape index (κ3) is 6.48. The molecule has 0 atom stereocenters. The van der Waals surface area contributed by atoms with E-state index in [1.165, 1.54) is 11.8 Å². The number of nitrogens with zero attached hydrogens (tertiary/aromatic N) is 3. The Morgan fingerprint density at radius 1 is 1.06 bits per heavy atom. The van der Waals surface area contributed by atoms with Gasteiger partial charge in [0.1, 0.15) is 17.3 Å². The summed E-state index contributed by atoms with van der Waals surface area (Å²) >= 11 is 1.29. The van der Waals surface area contributed by atoms with Gasteiger partial charge in [0, 0.05) is 25.6 Å². The molecule has 33 heavy (non-hydrogen) atoms. The van der Waals surface area contributed by atoms with Crippen LogP contribution in [0.2, 0.25) is 0 Å².